The first-order valence-corrected chi connectivity index (χ1v) is 46.5. The Morgan fingerprint density at radius 2 is 0.687 bits per heavy atom. The minimum Gasteiger partial charge on any atom is -0.0654 e. The Kier molecular flexibility index (Phi) is 48.6. The van der Waals surface area contributed by atoms with Crippen LogP contribution in [-0.2, 0) is 0 Å². The molecule has 0 N–H and O–H groups in total. The van der Waals surface area contributed by atoms with E-state index in [2.05, 4.69) is 180 Å². The minimum atomic E-state index is 0.375. The van der Waals surface area contributed by atoms with Crippen LogP contribution >= 0.6 is 0 Å². The summed E-state index contributed by atoms with van der Waals surface area (Å²) in [5.41, 5.74) is 3.29. The van der Waals surface area contributed by atoms with Gasteiger partial charge in [0.1, 0.15) is 0 Å². The van der Waals surface area contributed by atoms with Gasteiger partial charge in [-0.1, -0.05) is 418 Å². The molecule has 0 aromatic carbocycles. The third kappa shape index (κ3) is 40.7. The summed E-state index contributed by atoms with van der Waals surface area (Å²) in [6, 6.07) is 0. The van der Waals surface area contributed by atoms with Crippen molar-refractivity contribution in [1.82, 2.24) is 0 Å². The van der Waals surface area contributed by atoms with Crippen molar-refractivity contribution in [2.75, 3.05) is 0 Å². The highest BCUT2D eigenvalue weighted by Gasteiger charge is 2.42. The number of hydrogen-bond donors (Lipinski definition) is 0. The molecule has 99 heavy (non-hydrogen) atoms. The van der Waals surface area contributed by atoms with Crippen molar-refractivity contribution >= 4 is 0 Å². The largest absolute Gasteiger partial charge is 0.0654 e. The van der Waals surface area contributed by atoms with E-state index in [1.54, 1.807) is 51.4 Å². The molecule has 592 valence electrons. The third-order valence-electron chi connectivity index (χ3n) is 31.5. The highest BCUT2D eigenvalue weighted by atomic mass is 14.5. The van der Waals surface area contributed by atoms with Gasteiger partial charge in [0.15, 0.2) is 0 Å². The summed E-state index contributed by atoms with van der Waals surface area (Å²) in [6.07, 6.45) is 75.8. The lowest BCUT2D eigenvalue weighted by molar-refractivity contribution is 0.00575. The number of fused-ring (bicyclic) bond motifs is 4. The van der Waals surface area contributed by atoms with Crippen LogP contribution < -0.4 is 0 Å². The van der Waals surface area contributed by atoms with E-state index in [-0.39, 0.29) is 0 Å². The molecule has 0 radical (unpaired) electrons. The molecule has 0 aromatic rings. The Morgan fingerprint density at radius 1 is 0.323 bits per heavy atom. The van der Waals surface area contributed by atoms with Gasteiger partial charge in [0.2, 0.25) is 0 Å². The second kappa shape index (κ2) is 50.6. The number of rotatable bonds is 6. The first-order valence-electron chi connectivity index (χ1n) is 46.5. The van der Waals surface area contributed by atoms with Gasteiger partial charge in [0.25, 0.3) is 0 Å². The van der Waals surface area contributed by atoms with Crippen molar-refractivity contribution < 1.29 is 0 Å². The molecule has 0 saturated heterocycles. The molecular formula is C99H196. The van der Waals surface area contributed by atoms with E-state index in [1.165, 1.54) is 276 Å². The van der Waals surface area contributed by atoms with Gasteiger partial charge >= 0.3 is 0 Å². The van der Waals surface area contributed by atoms with E-state index in [4.69, 9.17) is 0 Å². The van der Waals surface area contributed by atoms with E-state index in [9.17, 15) is 0 Å². The van der Waals surface area contributed by atoms with Crippen LogP contribution in [-0.4, -0.2) is 0 Å². The zero-order valence-corrected chi connectivity index (χ0v) is 74.3. The lowest BCUT2D eigenvalue weighted by atomic mass is 9.56. The first kappa shape index (κ1) is 95.1. The smallest absolute Gasteiger partial charge is 0.0257 e. The molecule has 4 bridgehead atoms. The molecule has 13 rings (SSSR count). The Bertz CT molecular complexity index is 1740. The molecule has 13 aliphatic carbocycles. The fourth-order valence-corrected chi connectivity index (χ4v) is 20.5. The Balaban J connectivity index is 0.000000368. The van der Waals surface area contributed by atoms with Crippen molar-refractivity contribution in [3.63, 3.8) is 0 Å². The second-order valence-electron chi connectivity index (χ2n) is 42.9. The molecule has 0 aliphatic heterocycles. The summed E-state index contributed by atoms with van der Waals surface area (Å²) in [4.78, 5) is 0. The summed E-state index contributed by atoms with van der Waals surface area (Å²) in [5.74, 6) is 17.0. The average molecular weight is 1390 g/mol. The summed E-state index contributed by atoms with van der Waals surface area (Å²) in [6.45, 7) is 61.2. The van der Waals surface area contributed by atoms with Crippen LogP contribution in [0, 0.1) is 127 Å². The van der Waals surface area contributed by atoms with Crippen LogP contribution in [0.1, 0.15) is 507 Å². The summed E-state index contributed by atoms with van der Waals surface area (Å²) in [7, 11) is 0. The Hall–Kier alpha value is 0. The van der Waals surface area contributed by atoms with Crippen LogP contribution in [0.4, 0.5) is 0 Å². The second-order valence-corrected chi connectivity index (χ2v) is 42.9. The fourth-order valence-electron chi connectivity index (χ4n) is 20.5. The fraction of sp³-hybridized carbons (Fsp3) is 1.00. The molecule has 13 aliphatic rings. The standard InChI is InChI=1S/C11H24.2C8H14.9C8H16/c1-9(2,3)11(7,8)10(4,5)6;1-6-4-7-2-3-8(6)5-7;1-6-7-2-3-8(6)5-4-7;1-7-3-5-8(2)6-4-7;1-7-4-3-5-8(2)6-7;1-8(2)6-4-3-5-7-8;1-7-5-3-4-6-8(7)2;1-7(2)8-5-3-4-6-8;2*1-3-8(2)6-4-5-7-8;1-2-8-6-4-3-5-7-8;1-2-5-8-6-3-4-7-8/h1-8H3;2*6-8H,2-5H2,1H3;2*7-8H,3-6H2,1-2H3;3-7H2,1-2H3;2*7-8H,3-6H2,1-2H3;2*3-7H2,1-2H3;2*8H,2-7H2,1H3/t;6-,7?,8?;;;7-,8?;;7-,8?;;;;;/m.0..1.1...../s1. The SMILES string of the molecule is CC(C)(C)C(C)(C)C(C)(C)C.CC(C)C1CCCC1.CC1(C)CCCCC1.CC1C2CCC1CC2.CC1CCC(C)CC1.CC1CCCC[C@H]1C.CC1CCC[C@@H](C)C1.CCC1(C)CCCC1.CCC1(C)CCCC1.CCC1CCCCC1.CCCC1CCCC1.C[C@H]1CC2CCC1C2. The molecule has 0 heterocycles. The Labute approximate surface area is 630 Å². The van der Waals surface area contributed by atoms with Gasteiger partial charge in [0, 0.05) is 0 Å². The van der Waals surface area contributed by atoms with Crippen molar-refractivity contribution in [3.8, 4) is 0 Å². The van der Waals surface area contributed by atoms with E-state index in [0.717, 1.165) is 106 Å². The average Bonchev–Trinajstić information content (AvgIpc) is 1.57. The zero-order valence-electron chi connectivity index (χ0n) is 74.3. The van der Waals surface area contributed by atoms with Gasteiger partial charge in [-0.05, 0) is 217 Å². The predicted molar refractivity (Wildman–Crippen MR) is 453 cm³/mol. The molecule has 0 spiro atoms. The predicted octanol–water partition coefficient (Wildman–Crippen LogP) is 35.2. The van der Waals surface area contributed by atoms with Crippen LogP contribution in [0.5, 0.6) is 0 Å². The zero-order chi connectivity index (χ0) is 74.3. The van der Waals surface area contributed by atoms with Crippen LogP contribution in [0.25, 0.3) is 0 Å². The van der Waals surface area contributed by atoms with E-state index < -0.39 is 0 Å². The first-order chi connectivity index (χ1) is 46.5. The van der Waals surface area contributed by atoms with Crippen LogP contribution in [0.15, 0.2) is 0 Å². The molecule has 13 fully saturated rings. The molecule has 7 atom stereocenters. The molecule has 4 unspecified atom stereocenters. The maximum absolute atomic E-state index is 2.44. The third-order valence-corrected chi connectivity index (χ3v) is 31.5. The van der Waals surface area contributed by atoms with Gasteiger partial charge in [0.05, 0.1) is 0 Å². The van der Waals surface area contributed by atoms with Gasteiger partial charge in [-0.15, -0.1) is 0 Å². The molecule has 0 aromatic heterocycles. The van der Waals surface area contributed by atoms with Crippen molar-refractivity contribution in [3.05, 3.63) is 0 Å². The lowest BCUT2D eigenvalue weighted by Crippen LogP contribution is -2.41. The monoisotopic (exact) mass is 1390 g/mol. The maximum atomic E-state index is 2.44. The maximum Gasteiger partial charge on any atom is -0.0257 e. The van der Waals surface area contributed by atoms with E-state index in [0.29, 0.717) is 21.7 Å². The topological polar surface area (TPSA) is 0 Å². The van der Waals surface area contributed by atoms with E-state index in [1.807, 2.05) is 0 Å². The van der Waals surface area contributed by atoms with Crippen molar-refractivity contribution in [2.24, 2.45) is 127 Å². The molecule has 0 heteroatoms. The quantitative estimate of drug-likeness (QED) is 0.249. The number of hydrogen-bond acceptors (Lipinski definition) is 0. The van der Waals surface area contributed by atoms with Crippen molar-refractivity contribution in [2.45, 2.75) is 507 Å². The lowest BCUT2D eigenvalue weighted by Gasteiger charge is -2.49. The Morgan fingerprint density at radius 3 is 0.909 bits per heavy atom. The normalized spacial score (nSPS) is 31.9. The summed E-state index contributed by atoms with van der Waals surface area (Å²) < 4.78 is 0. The van der Waals surface area contributed by atoms with Gasteiger partial charge in [-0.2, -0.15) is 0 Å². The molecule has 0 nitrogen and oxygen atoms in total. The van der Waals surface area contributed by atoms with Crippen LogP contribution in [0.2, 0.25) is 0 Å². The molecular weight excluding hydrogens is 1190 g/mol. The van der Waals surface area contributed by atoms with Crippen LogP contribution in [0.3, 0.4) is 0 Å². The summed E-state index contributed by atoms with van der Waals surface area (Å²) in [5, 5.41) is 0. The van der Waals surface area contributed by atoms with Gasteiger partial charge < -0.3 is 0 Å². The van der Waals surface area contributed by atoms with E-state index >= 15 is 0 Å². The highest BCUT2D eigenvalue weighted by Crippen LogP contribution is 2.52. The molecule has 0 amide bonds. The van der Waals surface area contributed by atoms with Gasteiger partial charge in [-0.25, -0.2) is 0 Å². The summed E-state index contributed by atoms with van der Waals surface area (Å²) >= 11 is 0. The van der Waals surface area contributed by atoms with Crippen molar-refractivity contribution in [1.29, 1.82) is 0 Å². The minimum absolute atomic E-state index is 0.375. The highest BCUT2D eigenvalue weighted by molar-refractivity contribution is 4.92. The molecule has 13 saturated carbocycles. The van der Waals surface area contributed by atoms with Gasteiger partial charge in [-0.3, -0.25) is 0 Å².